The van der Waals surface area contributed by atoms with Crippen LogP contribution in [0.25, 0.3) is 0 Å². The van der Waals surface area contributed by atoms with Crippen LogP contribution in [0.3, 0.4) is 0 Å². The number of nitriles is 1. The van der Waals surface area contributed by atoms with Gasteiger partial charge >= 0.3 is 0 Å². The summed E-state index contributed by atoms with van der Waals surface area (Å²) in [5, 5.41) is 8.97. The summed E-state index contributed by atoms with van der Waals surface area (Å²) in [6, 6.07) is 7.30. The first kappa shape index (κ1) is 14.7. The summed E-state index contributed by atoms with van der Waals surface area (Å²) >= 11 is 0. The molecule has 0 saturated heterocycles. The van der Waals surface area contributed by atoms with Crippen LogP contribution in [0.15, 0.2) is 30.9 Å². The van der Waals surface area contributed by atoms with Crippen LogP contribution >= 0.6 is 0 Å². The van der Waals surface area contributed by atoms with E-state index in [0.29, 0.717) is 24.6 Å². The van der Waals surface area contributed by atoms with E-state index in [1.165, 1.54) is 6.07 Å². The van der Waals surface area contributed by atoms with E-state index < -0.39 is 5.82 Å². The second kappa shape index (κ2) is 6.65. The van der Waals surface area contributed by atoms with E-state index in [2.05, 4.69) is 11.5 Å². The van der Waals surface area contributed by atoms with Crippen LogP contribution in [0.4, 0.5) is 4.39 Å². The highest BCUT2D eigenvalue weighted by molar-refractivity contribution is 5.36. The van der Waals surface area contributed by atoms with Crippen molar-refractivity contribution in [2.45, 2.75) is 31.3 Å². The minimum atomic E-state index is -0.412. The molecule has 106 valence electrons. The molecule has 1 atom stereocenters. The Hall–Kier alpha value is -1.70. The van der Waals surface area contributed by atoms with Crippen LogP contribution in [0.1, 0.15) is 36.4 Å². The zero-order valence-electron chi connectivity index (χ0n) is 11.6. The maximum atomic E-state index is 14.4. The van der Waals surface area contributed by atoms with Gasteiger partial charge in [-0.3, -0.25) is 4.90 Å². The maximum Gasteiger partial charge on any atom is 0.145 e. The Morgan fingerprint density at radius 3 is 2.85 bits per heavy atom. The van der Waals surface area contributed by atoms with Crippen molar-refractivity contribution in [3.8, 4) is 6.07 Å². The van der Waals surface area contributed by atoms with E-state index in [0.717, 1.165) is 19.4 Å². The van der Waals surface area contributed by atoms with Gasteiger partial charge in [0.1, 0.15) is 11.9 Å². The van der Waals surface area contributed by atoms with Gasteiger partial charge in [0.05, 0.1) is 5.56 Å². The fourth-order valence-corrected chi connectivity index (χ4v) is 2.64. The Kier molecular flexibility index (Phi) is 4.89. The molecule has 1 aliphatic rings. The summed E-state index contributed by atoms with van der Waals surface area (Å²) in [6.07, 6.45) is 4.72. The van der Waals surface area contributed by atoms with E-state index in [-0.39, 0.29) is 11.6 Å². The summed E-state index contributed by atoms with van der Waals surface area (Å²) in [4.78, 5) is 2.25. The quantitative estimate of drug-likeness (QED) is 0.777. The van der Waals surface area contributed by atoms with Crippen molar-refractivity contribution >= 4 is 0 Å². The minimum Gasteiger partial charge on any atom is -0.329 e. The Morgan fingerprint density at radius 1 is 1.55 bits per heavy atom. The normalized spacial score (nSPS) is 15.9. The van der Waals surface area contributed by atoms with Crippen molar-refractivity contribution in [2.24, 2.45) is 5.73 Å². The molecule has 2 N–H and O–H groups in total. The summed E-state index contributed by atoms with van der Waals surface area (Å²) in [5.74, 6) is -0.412. The molecule has 1 unspecified atom stereocenters. The lowest BCUT2D eigenvalue weighted by Crippen LogP contribution is -2.35. The van der Waals surface area contributed by atoms with Gasteiger partial charge in [-0.05, 0) is 25.3 Å². The van der Waals surface area contributed by atoms with Gasteiger partial charge in [-0.25, -0.2) is 4.39 Å². The molecule has 0 radical (unpaired) electrons. The third-order valence-electron chi connectivity index (χ3n) is 3.70. The third-order valence-corrected chi connectivity index (χ3v) is 3.70. The molecule has 3 nitrogen and oxygen atoms in total. The number of nitrogens with zero attached hydrogens (tertiary/aromatic N) is 2. The Balaban J connectivity index is 2.36. The van der Waals surface area contributed by atoms with Crippen LogP contribution in [-0.2, 0) is 0 Å². The molecular weight excluding hydrogens is 253 g/mol. The molecule has 0 bridgehead atoms. The zero-order valence-corrected chi connectivity index (χ0v) is 11.6. The number of rotatable bonds is 7. The molecule has 0 aromatic heterocycles. The number of halogens is 1. The predicted octanol–water partition coefficient (Wildman–Crippen LogP) is 2.74. The minimum absolute atomic E-state index is 0.0863. The second-order valence-corrected chi connectivity index (χ2v) is 5.12. The van der Waals surface area contributed by atoms with E-state index in [1.54, 1.807) is 18.2 Å². The SMILES string of the molecule is C=CCC(c1cccc(C#N)c1F)N(CCN)C1CC1. The van der Waals surface area contributed by atoms with Crippen molar-refractivity contribution < 1.29 is 4.39 Å². The second-order valence-electron chi connectivity index (χ2n) is 5.12. The number of hydrogen-bond donors (Lipinski definition) is 1. The smallest absolute Gasteiger partial charge is 0.145 e. The Labute approximate surface area is 119 Å². The predicted molar refractivity (Wildman–Crippen MR) is 77.5 cm³/mol. The monoisotopic (exact) mass is 273 g/mol. The summed E-state index contributed by atoms with van der Waals surface area (Å²) in [7, 11) is 0. The van der Waals surface area contributed by atoms with Crippen molar-refractivity contribution in [1.29, 1.82) is 5.26 Å². The highest BCUT2D eigenvalue weighted by Crippen LogP contribution is 2.37. The Bertz CT molecular complexity index is 517. The zero-order chi connectivity index (χ0) is 14.5. The van der Waals surface area contributed by atoms with Crippen molar-refractivity contribution in [1.82, 2.24) is 4.90 Å². The van der Waals surface area contributed by atoms with Crippen LogP contribution in [0.5, 0.6) is 0 Å². The Morgan fingerprint density at radius 2 is 2.30 bits per heavy atom. The molecule has 1 fully saturated rings. The van der Waals surface area contributed by atoms with Crippen molar-refractivity contribution in [2.75, 3.05) is 13.1 Å². The molecule has 4 heteroatoms. The van der Waals surface area contributed by atoms with Crippen LogP contribution in [0, 0.1) is 17.1 Å². The van der Waals surface area contributed by atoms with E-state index >= 15 is 0 Å². The highest BCUT2D eigenvalue weighted by Gasteiger charge is 2.34. The van der Waals surface area contributed by atoms with Crippen LogP contribution < -0.4 is 5.73 Å². The van der Waals surface area contributed by atoms with Gasteiger partial charge in [-0.2, -0.15) is 5.26 Å². The van der Waals surface area contributed by atoms with Gasteiger partial charge < -0.3 is 5.73 Å². The largest absolute Gasteiger partial charge is 0.329 e. The first-order chi connectivity index (χ1) is 9.72. The van der Waals surface area contributed by atoms with Crippen LogP contribution in [0.2, 0.25) is 0 Å². The third kappa shape index (κ3) is 3.06. The molecule has 0 amide bonds. The summed E-state index contributed by atoms with van der Waals surface area (Å²) < 4.78 is 14.4. The van der Waals surface area contributed by atoms with Crippen LogP contribution in [-0.4, -0.2) is 24.0 Å². The van der Waals surface area contributed by atoms with Gasteiger partial charge in [-0.1, -0.05) is 18.2 Å². The van der Waals surface area contributed by atoms with Crippen molar-refractivity contribution in [3.63, 3.8) is 0 Å². The first-order valence-electron chi connectivity index (χ1n) is 6.98. The fourth-order valence-electron chi connectivity index (χ4n) is 2.64. The maximum absolute atomic E-state index is 14.4. The fraction of sp³-hybridized carbons (Fsp3) is 0.438. The van der Waals surface area contributed by atoms with Gasteiger partial charge in [0.15, 0.2) is 0 Å². The summed E-state index contributed by atoms with van der Waals surface area (Å²) in [6.45, 7) is 5.06. The molecule has 2 rings (SSSR count). The molecule has 0 spiro atoms. The molecule has 0 aliphatic heterocycles. The lowest BCUT2D eigenvalue weighted by Gasteiger charge is -2.31. The molecule has 0 heterocycles. The van der Waals surface area contributed by atoms with Gasteiger partial charge in [-0.15, -0.1) is 6.58 Å². The molecule has 1 aromatic rings. The molecule has 1 aromatic carbocycles. The van der Waals surface area contributed by atoms with Gasteiger partial charge in [0, 0.05) is 30.7 Å². The summed E-state index contributed by atoms with van der Waals surface area (Å²) in [5.41, 5.74) is 6.36. The van der Waals surface area contributed by atoms with E-state index in [4.69, 9.17) is 11.0 Å². The van der Waals surface area contributed by atoms with E-state index in [9.17, 15) is 4.39 Å². The van der Waals surface area contributed by atoms with Gasteiger partial charge in [0.25, 0.3) is 0 Å². The average molecular weight is 273 g/mol. The highest BCUT2D eigenvalue weighted by atomic mass is 19.1. The molecule has 1 saturated carbocycles. The molecular formula is C16H20FN3. The topological polar surface area (TPSA) is 53.0 Å². The first-order valence-corrected chi connectivity index (χ1v) is 6.98. The standard InChI is InChI=1S/C16H20FN3/c1-2-4-15(20(10-9-18)13-7-8-13)14-6-3-5-12(11-19)16(14)17/h2-3,5-6,13,15H,1,4,7-10,18H2. The van der Waals surface area contributed by atoms with E-state index in [1.807, 2.05) is 6.07 Å². The number of nitrogens with two attached hydrogens (primary N) is 1. The number of benzene rings is 1. The van der Waals surface area contributed by atoms with Gasteiger partial charge in [0.2, 0.25) is 0 Å². The average Bonchev–Trinajstić information content (AvgIpc) is 3.28. The lowest BCUT2D eigenvalue weighted by atomic mass is 9.98. The molecule has 1 aliphatic carbocycles. The number of hydrogen-bond acceptors (Lipinski definition) is 3. The van der Waals surface area contributed by atoms with Crippen molar-refractivity contribution in [3.05, 3.63) is 47.8 Å². The molecule has 20 heavy (non-hydrogen) atoms. The lowest BCUT2D eigenvalue weighted by molar-refractivity contribution is 0.189.